The normalized spacial score (nSPS) is 12.4. The quantitative estimate of drug-likeness (QED) is 0.320. The van der Waals surface area contributed by atoms with Gasteiger partial charge in [0.05, 0.1) is 26.8 Å². The molecule has 0 amide bonds. The van der Waals surface area contributed by atoms with Crippen LogP contribution in [0.3, 0.4) is 0 Å². The second-order valence-electron chi connectivity index (χ2n) is 7.36. The van der Waals surface area contributed by atoms with Gasteiger partial charge in [-0.3, -0.25) is 14.1 Å². The highest BCUT2D eigenvalue weighted by Crippen LogP contribution is 2.28. The Balaban J connectivity index is 2.06. The topological polar surface area (TPSA) is 109 Å². The number of rotatable bonds is 1. The number of aromatic nitrogens is 2. The van der Waals surface area contributed by atoms with Gasteiger partial charge in [0.1, 0.15) is 0 Å². The molecule has 7 nitrogen and oxygen atoms in total. The molecule has 0 unspecified atom stereocenters. The van der Waals surface area contributed by atoms with E-state index in [0.717, 1.165) is 0 Å². The van der Waals surface area contributed by atoms with Crippen molar-refractivity contribution in [1.82, 2.24) is 9.55 Å². The van der Waals surface area contributed by atoms with Crippen LogP contribution in [-0.2, 0) is 17.2 Å². The van der Waals surface area contributed by atoms with Gasteiger partial charge in [0.25, 0.3) is 10.1 Å². The van der Waals surface area contributed by atoms with Crippen molar-refractivity contribution in [3.05, 3.63) is 74.5 Å². The first-order chi connectivity index (χ1) is 14.2. The SMILES string of the molecule is Cc1c2c(=O)c3ccccc3[nH]c2cc2c(=O)c3ccc(S(=O)(=O)O)cc3n(C)c12. The molecule has 5 rings (SSSR count). The summed E-state index contributed by atoms with van der Waals surface area (Å²) in [6.45, 7) is 1.77. The van der Waals surface area contributed by atoms with Gasteiger partial charge >= 0.3 is 0 Å². The average molecular weight is 420 g/mol. The number of nitrogens with zero attached hydrogens (tertiary/aromatic N) is 1. The molecule has 0 fully saturated rings. The molecule has 5 aromatic rings. The van der Waals surface area contributed by atoms with Crippen LogP contribution < -0.4 is 10.9 Å². The van der Waals surface area contributed by atoms with Crippen molar-refractivity contribution >= 4 is 53.7 Å². The Labute approximate surface area is 169 Å². The van der Waals surface area contributed by atoms with E-state index in [1.54, 1.807) is 36.7 Å². The maximum atomic E-state index is 13.2. The monoisotopic (exact) mass is 420 g/mol. The third-order valence-electron chi connectivity index (χ3n) is 5.66. The summed E-state index contributed by atoms with van der Waals surface area (Å²) in [5.41, 5.74) is 2.33. The minimum atomic E-state index is -4.42. The summed E-state index contributed by atoms with van der Waals surface area (Å²) < 4.78 is 34.2. The zero-order chi connectivity index (χ0) is 21.4. The van der Waals surface area contributed by atoms with Gasteiger partial charge in [0.15, 0.2) is 10.9 Å². The van der Waals surface area contributed by atoms with Gasteiger partial charge in [-0.25, -0.2) is 0 Å². The van der Waals surface area contributed by atoms with Gasteiger partial charge in [-0.15, -0.1) is 0 Å². The number of benzene rings is 3. The summed E-state index contributed by atoms with van der Waals surface area (Å²) in [5, 5.41) is 1.76. The van der Waals surface area contributed by atoms with Crippen molar-refractivity contribution in [2.75, 3.05) is 0 Å². The molecule has 150 valence electrons. The van der Waals surface area contributed by atoms with Crippen LogP contribution in [-0.4, -0.2) is 22.5 Å². The molecule has 0 saturated heterocycles. The highest BCUT2D eigenvalue weighted by atomic mass is 32.2. The van der Waals surface area contributed by atoms with Crippen LogP contribution in [0.4, 0.5) is 0 Å². The van der Waals surface area contributed by atoms with Crippen molar-refractivity contribution in [3.63, 3.8) is 0 Å². The number of hydrogen-bond donors (Lipinski definition) is 2. The summed E-state index contributed by atoms with van der Waals surface area (Å²) in [4.78, 5) is 29.4. The average Bonchev–Trinajstić information content (AvgIpc) is 2.70. The van der Waals surface area contributed by atoms with Crippen LogP contribution in [0.2, 0.25) is 0 Å². The number of aromatic amines is 1. The number of hydrogen-bond acceptors (Lipinski definition) is 4. The summed E-state index contributed by atoms with van der Waals surface area (Å²) in [6, 6.07) is 12.7. The number of fused-ring (bicyclic) bond motifs is 4. The molecule has 0 bridgehead atoms. The van der Waals surface area contributed by atoms with Crippen LogP contribution in [0, 0.1) is 6.92 Å². The van der Waals surface area contributed by atoms with E-state index in [1.165, 1.54) is 18.2 Å². The van der Waals surface area contributed by atoms with Crippen LogP contribution in [0.25, 0.3) is 43.6 Å². The Bertz CT molecular complexity index is 1780. The standard InChI is InChI=1S/C22H16N2O5S/c1-11-19-17(23-16-6-4-3-5-13(16)22(19)26)10-15-20(11)24(2)18-9-12(30(27,28)29)7-8-14(18)21(15)25/h3-10H,1-2H3,(H,23,26)(H,27,28,29). The molecular formula is C22H16N2O5S. The Morgan fingerprint density at radius 1 is 0.900 bits per heavy atom. The van der Waals surface area contributed by atoms with Gasteiger partial charge in [0, 0.05) is 28.7 Å². The molecule has 0 radical (unpaired) electrons. The first-order valence-electron chi connectivity index (χ1n) is 9.17. The van der Waals surface area contributed by atoms with Crippen molar-refractivity contribution in [3.8, 4) is 0 Å². The zero-order valence-electron chi connectivity index (χ0n) is 16.1. The predicted octanol–water partition coefficient (Wildman–Crippen LogP) is 3.24. The van der Waals surface area contributed by atoms with Crippen LogP contribution in [0.15, 0.2) is 63.0 Å². The number of aryl methyl sites for hydroxylation is 2. The zero-order valence-corrected chi connectivity index (χ0v) is 16.9. The molecule has 0 spiro atoms. The van der Waals surface area contributed by atoms with E-state index in [4.69, 9.17) is 0 Å². The Kier molecular flexibility index (Phi) is 3.71. The fourth-order valence-electron chi connectivity index (χ4n) is 4.28. The number of nitrogens with one attached hydrogen (secondary N) is 1. The maximum absolute atomic E-state index is 13.2. The molecule has 30 heavy (non-hydrogen) atoms. The fraction of sp³-hybridized carbons (Fsp3) is 0.0909. The molecule has 8 heteroatoms. The second-order valence-corrected chi connectivity index (χ2v) is 8.78. The molecule has 0 atom stereocenters. The van der Waals surface area contributed by atoms with Gasteiger partial charge in [0.2, 0.25) is 0 Å². The highest BCUT2D eigenvalue weighted by Gasteiger charge is 2.18. The van der Waals surface area contributed by atoms with Gasteiger partial charge in [-0.2, -0.15) is 8.42 Å². The Hall–Kier alpha value is -3.49. The lowest BCUT2D eigenvalue weighted by molar-refractivity contribution is 0.483. The first kappa shape index (κ1) is 18.5. The van der Waals surface area contributed by atoms with E-state index in [2.05, 4.69) is 4.98 Å². The van der Waals surface area contributed by atoms with E-state index in [0.29, 0.717) is 49.2 Å². The minimum absolute atomic E-state index is 0.141. The van der Waals surface area contributed by atoms with Gasteiger partial charge in [-0.05, 0) is 48.9 Å². The Morgan fingerprint density at radius 2 is 1.63 bits per heavy atom. The maximum Gasteiger partial charge on any atom is 0.294 e. The van der Waals surface area contributed by atoms with E-state index in [-0.39, 0.29) is 15.8 Å². The van der Waals surface area contributed by atoms with E-state index in [9.17, 15) is 22.6 Å². The predicted molar refractivity (Wildman–Crippen MR) is 117 cm³/mol. The van der Waals surface area contributed by atoms with E-state index in [1.807, 2.05) is 12.1 Å². The molecule has 0 saturated carbocycles. The molecule has 2 N–H and O–H groups in total. The highest BCUT2D eigenvalue weighted by molar-refractivity contribution is 7.85. The van der Waals surface area contributed by atoms with Gasteiger partial charge in [-0.1, -0.05) is 12.1 Å². The largest absolute Gasteiger partial charge is 0.354 e. The third-order valence-corrected chi connectivity index (χ3v) is 6.51. The summed E-state index contributed by atoms with van der Waals surface area (Å²) in [5.74, 6) is 0. The van der Waals surface area contributed by atoms with Gasteiger partial charge < -0.3 is 9.55 Å². The number of para-hydroxylation sites is 1. The fourth-order valence-corrected chi connectivity index (χ4v) is 4.78. The molecule has 0 aliphatic carbocycles. The van der Waals surface area contributed by atoms with Crippen molar-refractivity contribution in [2.24, 2.45) is 7.05 Å². The summed E-state index contributed by atoms with van der Waals surface area (Å²) in [7, 11) is -2.72. The van der Waals surface area contributed by atoms with E-state index < -0.39 is 10.1 Å². The molecule has 0 aliphatic rings. The minimum Gasteiger partial charge on any atom is -0.354 e. The smallest absolute Gasteiger partial charge is 0.294 e. The van der Waals surface area contributed by atoms with Crippen LogP contribution >= 0.6 is 0 Å². The van der Waals surface area contributed by atoms with Crippen molar-refractivity contribution in [1.29, 1.82) is 0 Å². The van der Waals surface area contributed by atoms with Crippen LogP contribution in [0.1, 0.15) is 5.56 Å². The van der Waals surface area contributed by atoms with Crippen LogP contribution in [0.5, 0.6) is 0 Å². The molecular weight excluding hydrogens is 404 g/mol. The van der Waals surface area contributed by atoms with E-state index >= 15 is 0 Å². The Morgan fingerprint density at radius 3 is 2.37 bits per heavy atom. The summed E-state index contributed by atoms with van der Waals surface area (Å²) >= 11 is 0. The molecule has 2 aromatic heterocycles. The van der Waals surface area contributed by atoms with Crippen molar-refractivity contribution < 1.29 is 13.0 Å². The lowest BCUT2D eigenvalue weighted by Gasteiger charge is -2.15. The second kappa shape index (κ2) is 6.01. The third kappa shape index (κ3) is 2.44. The molecule has 0 aliphatic heterocycles. The lowest BCUT2D eigenvalue weighted by atomic mass is 10.00. The first-order valence-corrected chi connectivity index (χ1v) is 10.6. The summed E-state index contributed by atoms with van der Waals surface area (Å²) in [6.07, 6.45) is 0. The number of H-pyrrole nitrogens is 1. The lowest BCUT2D eigenvalue weighted by Crippen LogP contribution is -2.14. The number of pyridine rings is 2. The molecule has 3 aromatic carbocycles. The molecule has 2 heterocycles. The van der Waals surface area contributed by atoms with Crippen molar-refractivity contribution in [2.45, 2.75) is 11.8 Å².